The number of carbonyl (C=O) groups is 2. The summed E-state index contributed by atoms with van der Waals surface area (Å²) >= 11 is 0. The maximum absolute atomic E-state index is 12.4. The highest BCUT2D eigenvalue weighted by Gasteiger charge is 2.21. The Morgan fingerprint density at radius 2 is 1.77 bits per heavy atom. The lowest BCUT2D eigenvalue weighted by Gasteiger charge is -2.15. The molecule has 0 bridgehead atoms. The van der Waals surface area contributed by atoms with E-state index in [-0.39, 0.29) is 18.2 Å². The van der Waals surface area contributed by atoms with Gasteiger partial charge >= 0.3 is 5.69 Å². The second-order valence-electron chi connectivity index (χ2n) is 8.62. The van der Waals surface area contributed by atoms with Crippen molar-refractivity contribution in [1.82, 2.24) is 20.6 Å². The number of amides is 2. The van der Waals surface area contributed by atoms with Gasteiger partial charge < -0.3 is 4.74 Å². The van der Waals surface area contributed by atoms with Gasteiger partial charge in [0.1, 0.15) is 17.1 Å². The topological polar surface area (TPSA) is 128 Å². The highest BCUT2D eigenvalue weighted by molar-refractivity contribution is 5.95. The van der Waals surface area contributed by atoms with Crippen LogP contribution in [0.4, 0.5) is 5.69 Å². The van der Waals surface area contributed by atoms with E-state index in [1.807, 2.05) is 39.0 Å². The lowest BCUT2D eigenvalue weighted by molar-refractivity contribution is -0.386. The molecule has 0 aliphatic rings. The number of ether oxygens (including phenoxy) is 1. The maximum Gasteiger partial charge on any atom is 0.312 e. The third-order valence-electron chi connectivity index (χ3n) is 5.54. The fourth-order valence-electron chi connectivity index (χ4n) is 3.66. The number of nitrogens with one attached hydrogen (secondary N) is 2. The number of nitro groups is 1. The van der Waals surface area contributed by atoms with Gasteiger partial charge in [0.15, 0.2) is 6.61 Å². The smallest absolute Gasteiger partial charge is 0.312 e. The lowest BCUT2D eigenvalue weighted by Crippen LogP contribution is -2.43. The van der Waals surface area contributed by atoms with Crippen LogP contribution in [-0.2, 0) is 11.3 Å². The van der Waals surface area contributed by atoms with Gasteiger partial charge in [0, 0.05) is 5.56 Å². The Bertz CT molecular complexity index is 1250. The quantitative estimate of drug-likeness (QED) is 0.374. The van der Waals surface area contributed by atoms with Gasteiger partial charge in [0.25, 0.3) is 11.8 Å². The van der Waals surface area contributed by atoms with Gasteiger partial charge in [-0.15, -0.1) is 0 Å². The number of aryl methyl sites for hydroxylation is 2. The first kappa shape index (κ1) is 25.4. The molecule has 0 saturated carbocycles. The van der Waals surface area contributed by atoms with Crippen LogP contribution in [0.2, 0.25) is 0 Å². The van der Waals surface area contributed by atoms with Crippen molar-refractivity contribution < 1.29 is 19.2 Å². The van der Waals surface area contributed by atoms with Gasteiger partial charge in [-0.05, 0) is 61.6 Å². The maximum atomic E-state index is 12.4. The van der Waals surface area contributed by atoms with Crippen LogP contribution in [0.5, 0.6) is 5.75 Å². The van der Waals surface area contributed by atoms with E-state index >= 15 is 0 Å². The summed E-state index contributed by atoms with van der Waals surface area (Å²) in [5.41, 5.74) is 8.74. The van der Waals surface area contributed by atoms with Crippen LogP contribution < -0.4 is 15.6 Å². The Morgan fingerprint density at radius 1 is 1.09 bits per heavy atom. The monoisotopic (exact) mass is 479 g/mol. The first-order valence-electron chi connectivity index (χ1n) is 11.2. The summed E-state index contributed by atoms with van der Waals surface area (Å²) in [4.78, 5) is 35.3. The van der Waals surface area contributed by atoms with Crippen LogP contribution in [0.25, 0.3) is 0 Å². The van der Waals surface area contributed by atoms with Crippen LogP contribution >= 0.6 is 0 Å². The van der Waals surface area contributed by atoms with Gasteiger partial charge in [0.2, 0.25) is 0 Å². The van der Waals surface area contributed by atoms with Crippen molar-refractivity contribution in [3.63, 3.8) is 0 Å². The summed E-state index contributed by atoms with van der Waals surface area (Å²) < 4.78 is 7.23. The van der Waals surface area contributed by atoms with Gasteiger partial charge in [-0.3, -0.25) is 35.2 Å². The van der Waals surface area contributed by atoms with Crippen LogP contribution in [-0.4, -0.2) is 33.1 Å². The second kappa shape index (κ2) is 10.8. The second-order valence-corrected chi connectivity index (χ2v) is 8.62. The van der Waals surface area contributed by atoms with Crippen molar-refractivity contribution in [3.05, 3.63) is 86.2 Å². The van der Waals surface area contributed by atoms with E-state index in [2.05, 4.69) is 16.0 Å². The highest BCUT2D eigenvalue weighted by atomic mass is 16.6. The number of hydrogen-bond acceptors (Lipinski definition) is 6. The van der Waals surface area contributed by atoms with Crippen LogP contribution in [0.1, 0.15) is 58.2 Å². The standard InChI is InChI=1S/C25H29N5O5/c1-15(2)21-11-6-16(3)12-22(21)35-14-23(31)26-27-25(32)20-9-7-19(8-10-20)13-29-18(5)24(30(33)34)17(4)28-29/h6-12,15H,13-14H2,1-5H3,(H,26,31)(H,27,32). The van der Waals surface area contributed by atoms with Gasteiger partial charge in [-0.1, -0.05) is 38.1 Å². The van der Waals surface area contributed by atoms with Gasteiger partial charge in [-0.25, -0.2) is 0 Å². The summed E-state index contributed by atoms with van der Waals surface area (Å²) in [6.45, 7) is 9.37. The fourth-order valence-corrected chi connectivity index (χ4v) is 3.66. The number of nitrogens with zero attached hydrogens (tertiary/aromatic N) is 3. The number of hydrazine groups is 1. The number of benzene rings is 2. The third kappa shape index (κ3) is 6.23. The van der Waals surface area contributed by atoms with Crippen LogP contribution in [0.15, 0.2) is 42.5 Å². The molecule has 2 aromatic carbocycles. The van der Waals surface area contributed by atoms with Crippen LogP contribution in [0, 0.1) is 30.9 Å². The molecule has 0 aliphatic heterocycles. The fraction of sp³-hybridized carbons (Fsp3) is 0.320. The van der Waals surface area contributed by atoms with Crippen LogP contribution in [0.3, 0.4) is 0 Å². The molecule has 2 amide bonds. The summed E-state index contributed by atoms with van der Waals surface area (Å²) in [7, 11) is 0. The van der Waals surface area contributed by atoms with E-state index < -0.39 is 16.7 Å². The van der Waals surface area contributed by atoms with E-state index in [9.17, 15) is 19.7 Å². The Kier molecular flexibility index (Phi) is 7.85. The minimum absolute atomic E-state index is 0.00328. The molecule has 3 aromatic rings. The minimum Gasteiger partial charge on any atom is -0.483 e. The molecule has 10 heteroatoms. The van der Waals surface area contributed by atoms with E-state index in [0.29, 0.717) is 29.2 Å². The van der Waals surface area contributed by atoms with E-state index in [1.54, 1.807) is 42.8 Å². The van der Waals surface area contributed by atoms with Crippen molar-refractivity contribution >= 4 is 17.5 Å². The first-order chi connectivity index (χ1) is 16.6. The number of carbonyl (C=O) groups excluding carboxylic acids is 2. The molecule has 0 saturated heterocycles. The molecule has 184 valence electrons. The SMILES string of the molecule is Cc1ccc(C(C)C)c(OCC(=O)NNC(=O)c2ccc(Cn3nc(C)c([N+](=O)[O-])c3C)cc2)c1. The lowest BCUT2D eigenvalue weighted by atomic mass is 10.0. The molecule has 1 heterocycles. The number of hydrogen-bond donors (Lipinski definition) is 2. The molecule has 35 heavy (non-hydrogen) atoms. The summed E-state index contributed by atoms with van der Waals surface area (Å²) in [5.74, 6) is -0.0833. The largest absolute Gasteiger partial charge is 0.483 e. The molecule has 10 nitrogen and oxygen atoms in total. The van der Waals surface area contributed by atoms with E-state index in [1.165, 1.54) is 0 Å². The molecule has 2 N–H and O–H groups in total. The molecule has 0 atom stereocenters. The Hall–Kier alpha value is -4.21. The Balaban J connectivity index is 1.54. The summed E-state index contributed by atoms with van der Waals surface area (Å²) in [6, 6.07) is 12.5. The average molecular weight is 480 g/mol. The predicted octanol–water partition coefficient (Wildman–Crippen LogP) is 3.73. The summed E-state index contributed by atoms with van der Waals surface area (Å²) in [6.07, 6.45) is 0. The first-order valence-corrected chi connectivity index (χ1v) is 11.2. The number of rotatable bonds is 8. The number of aromatic nitrogens is 2. The van der Waals surface area contributed by atoms with E-state index in [4.69, 9.17) is 4.74 Å². The third-order valence-corrected chi connectivity index (χ3v) is 5.54. The zero-order valence-corrected chi connectivity index (χ0v) is 20.4. The molecule has 0 aliphatic carbocycles. The molecule has 1 aromatic heterocycles. The Morgan fingerprint density at radius 3 is 2.37 bits per heavy atom. The normalized spacial score (nSPS) is 10.8. The minimum atomic E-state index is -0.489. The zero-order valence-electron chi connectivity index (χ0n) is 20.4. The van der Waals surface area contributed by atoms with Crippen molar-refractivity contribution in [2.45, 2.75) is 47.1 Å². The average Bonchev–Trinajstić information content (AvgIpc) is 3.09. The molecule has 0 radical (unpaired) electrons. The summed E-state index contributed by atoms with van der Waals surface area (Å²) in [5, 5.41) is 15.4. The molecule has 0 fully saturated rings. The Labute approximate surface area is 203 Å². The predicted molar refractivity (Wildman–Crippen MR) is 130 cm³/mol. The van der Waals surface area contributed by atoms with Crippen molar-refractivity contribution in [2.75, 3.05) is 6.61 Å². The molecule has 0 unspecified atom stereocenters. The highest BCUT2D eigenvalue weighted by Crippen LogP contribution is 2.27. The molecular formula is C25H29N5O5. The van der Waals surface area contributed by atoms with Gasteiger partial charge in [-0.2, -0.15) is 5.10 Å². The van der Waals surface area contributed by atoms with E-state index in [0.717, 1.165) is 16.7 Å². The molecule has 3 rings (SSSR count). The van der Waals surface area contributed by atoms with Gasteiger partial charge in [0.05, 0.1) is 11.5 Å². The van der Waals surface area contributed by atoms with Crippen molar-refractivity contribution in [2.24, 2.45) is 0 Å². The van der Waals surface area contributed by atoms with Crippen molar-refractivity contribution in [3.8, 4) is 5.75 Å². The molecule has 0 spiro atoms. The molecular weight excluding hydrogens is 450 g/mol. The van der Waals surface area contributed by atoms with Crippen molar-refractivity contribution in [1.29, 1.82) is 0 Å². The zero-order chi connectivity index (χ0) is 25.7.